The van der Waals surface area contributed by atoms with Crippen LogP contribution in [-0.4, -0.2) is 17.6 Å². The Labute approximate surface area is 96.8 Å². The van der Waals surface area contributed by atoms with Gasteiger partial charge >= 0.3 is 5.97 Å². The van der Waals surface area contributed by atoms with Crippen LogP contribution >= 0.6 is 43.2 Å². The van der Waals surface area contributed by atoms with Crippen molar-refractivity contribution in [2.45, 2.75) is 10.7 Å². The first-order valence-corrected chi connectivity index (χ1v) is 6.21. The number of ether oxygens (including phenoxy) is 1. The molecule has 0 saturated carbocycles. The van der Waals surface area contributed by atoms with Gasteiger partial charge in [-0.15, -0.1) is 11.3 Å². The third-order valence-electron chi connectivity index (χ3n) is 1.19. The first kappa shape index (κ1) is 11.1. The minimum Gasteiger partial charge on any atom is -0.462 e. The molecule has 1 aromatic rings. The Bertz CT molecular complexity index is 300. The lowest BCUT2D eigenvalue weighted by Crippen LogP contribution is -2.01. The molecule has 72 valence electrons. The zero-order valence-corrected chi connectivity index (χ0v) is 10.8. The van der Waals surface area contributed by atoms with E-state index in [1.807, 2.05) is 0 Å². The van der Waals surface area contributed by atoms with Gasteiger partial charge in [-0.1, -0.05) is 31.9 Å². The lowest BCUT2D eigenvalue weighted by Gasteiger charge is -1.96. The number of thiazole rings is 1. The van der Waals surface area contributed by atoms with Gasteiger partial charge in [-0.2, -0.15) is 0 Å². The number of esters is 1. The number of carbonyl (C=O) groups is 1. The number of alkyl halides is 2. The summed E-state index contributed by atoms with van der Waals surface area (Å²) in [6.45, 7) is 2.16. The number of halogens is 2. The van der Waals surface area contributed by atoms with E-state index in [0.29, 0.717) is 11.5 Å². The highest BCUT2D eigenvalue weighted by molar-refractivity contribution is 9.24. The number of aromatic nitrogens is 1. The van der Waals surface area contributed by atoms with Crippen LogP contribution in [0.15, 0.2) is 6.20 Å². The first-order chi connectivity index (χ1) is 6.15. The second-order valence-corrected chi connectivity index (χ2v) is 6.21. The Morgan fingerprint density at radius 3 is 2.92 bits per heavy atom. The van der Waals surface area contributed by atoms with Crippen LogP contribution in [0.2, 0.25) is 0 Å². The lowest BCUT2D eigenvalue weighted by atomic mass is 10.6. The molecule has 6 heteroatoms. The Kier molecular flexibility index (Phi) is 4.34. The molecule has 0 fully saturated rings. The molecule has 0 spiro atoms. The van der Waals surface area contributed by atoms with Crippen LogP contribution in [0.1, 0.15) is 25.3 Å². The summed E-state index contributed by atoms with van der Waals surface area (Å²) in [4.78, 5) is 15.8. The third kappa shape index (κ3) is 3.03. The predicted octanol–water partition coefficient (Wildman–Crippen LogP) is 3.11. The van der Waals surface area contributed by atoms with Gasteiger partial charge in [-0.25, -0.2) is 9.78 Å². The molecule has 0 unspecified atom stereocenters. The van der Waals surface area contributed by atoms with Crippen LogP contribution in [0.5, 0.6) is 0 Å². The van der Waals surface area contributed by atoms with E-state index in [2.05, 4.69) is 36.8 Å². The molecule has 0 atom stereocenters. The molecule has 1 rings (SSSR count). The van der Waals surface area contributed by atoms with Crippen LogP contribution in [0.25, 0.3) is 0 Å². The molecule has 0 saturated heterocycles. The minimum atomic E-state index is -0.313. The molecule has 1 aromatic heterocycles. The maximum absolute atomic E-state index is 11.2. The van der Waals surface area contributed by atoms with Gasteiger partial charge in [-0.05, 0) is 6.92 Å². The molecule has 3 nitrogen and oxygen atoms in total. The molecule has 0 amide bonds. The van der Waals surface area contributed by atoms with Gasteiger partial charge in [0, 0.05) is 0 Å². The van der Waals surface area contributed by atoms with Gasteiger partial charge in [0.05, 0.1) is 12.8 Å². The fraction of sp³-hybridized carbons (Fsp3) is 0.429. The average molecular weight is 329 g/mol. The van der Waals surface area contributed by atoms with Crippen molar-refractivity contribution in [2.75, 3.05) is 6.61 Å². The number of hydrogen-bond donors (Lipinski definition) is 0. The third-order valence-corrected chi connectivity index (χ3v) is 3.70. The summed E-state index contributed by atoms with van der Waals surface area (Å²) < 4.78 is 4.82. The number of nitrogens with zero attached hydrogens (tertiary/aromatic N) is 1. The molecular weight excluding hydrogens is 322 g/mol. The number of carbonyl (C=O) groups excluding carboxylic acids is 1. The van der Waals surface area contributed by atoms with Crippen LogP contribution in [0.3, 0.4) is 0 Å². The molecular formula is C7H7Br2NO2S. The molecule has 0 bridgehead atoms. The quantitative estimate of drug-likeness (QED) is 0.632. The predicted molar refractivity (Wildman–Crippen MR) is 58.7 cm³/mol. The summed E-state index contributed by atoms with van der Waals surface area (Å²) in [5.41, 5.74) is 0. The molecule has 0 aromatic carbocycles. The van der Waals surface area contributed by atoms with Gasteiger partial charge in [0.1, 0.15) is 13.6 Å². The summed E-state index contributed by atoms with van der Waals surface area (Å²) >= 11 is 7.90. The Balaban J connectivity index is 2.73. The van der Waals surface area contributed by atoms with E-state index in [9.17, 15) is 4.79 Å². The van der Waals surface area contributed by atoms with Crippen LogP contribution < -0.4 is 0 Å². The molecule has 0 radical (unpaired) electrons. The highest BCUT2D eigenvalue weighted by atomic mass is 79.9. The van der Waals surface area contributed by atoms with Crippen molar-refractivity contribution >= 4 is 49.2 Å². The standard InChI is InChI=1S/C7H7Br2NO2S/c1-2-12-7(11)4-3-10-6(13-4)5(8)9/h3,5H,2H2,1H3. The van der Waals surface area contributed by atoms with Crippen molar-refractivity contribution in [3.63, 3.8) is 0 Å². The Morgan fingerprint density at radius 1 is 1.77 bits per heavy atom. The molecule has 0 N–H and O–H groups in total. The van der Waals surface area contributed by atoms with E-state index in [1.54, 1.807) is 6.92 Å². The van der Waals surface area contributed by atoms with E-state index < -0.39 is 0 Å². The fourth-order valence-electron chi connectivity index (χ4n) is 0.685. The molecule has 0 aliphatic heterocycles. The fourth-order valence-corrected chi connectivity index (χ4v) is 2.15. The maximum Gasteiger partial charge on any atom is 0.349 e. The molecule has 1 heterocycles. The van der Waals surface area contributed by atoms with E-state index in [0.717, 1.165) is 5.01 Å². The van der Waals surface area contributed by atoms with Crippen LogP contribution in [0.4, 0.5) is 0 Å². The number of hydrogen-bond acceptors (Lipinski definition) is 4. The average Bonchev–Trinajstić information content (AvgIpc) is 2.52. The summed E-state index contributed by atoms with van der Waals surface area (Å²) in [6.07, 6.45) is 1.52. The van der Waals surface area contributed by atoms with Gasteiger partial charge < -0.3 is 4.74 Å². The second kappa shape index (κ2) is 5.07. The normalized spacial score (nSPS) is 10.5. The summed E-state index contributed by atoms with van der Waals surface area (Å²) in [5, 5.41) is 0.808. The highest BCUT2D eigenvalue weighted by Gasteiger charge is 2.14. The monoisotopic (exact) mass is 327 g/mol. The topological polar surface area (TPSA) is 39.2 Å². The van der Waals surface area contributed by atoms with Crippen LogP contribution in [-0.2, 0) is 4.74 Å². The first-order valence-electron chi connectivity index (χ1n) is 3.56. The SMILES string of the molecule is CCOC(=O)c1cnc(C(Br)Br)s1. The van der Waals surface area contributed by atoms with Gasteiger partial charge in [0.2, 0.25) is 0 Å². The second-order valence-electron chi connectivity index (χ2n) is 2.08. The van der Waals surface area contributed by atoms with E-state index in [4.69, 9.17) is 4.74 Å². The van der Waals surface area contributed by atoms with E-state index in [-0.39, 0.29) is 9.71 Å². The van der Waals surface area contributed by atoms with Crippen molar-refractivity contribution in [3.8, 4) is 0 Å². The zero-order valence-electron chi connectivity index (χ0n) is 6.79. The molecule has 0 aliphatic rings. The van der Waals surface area contributed by atoms with Gasteiger partial charge in [0.25, 0.3) is 0 Å². The maximum atomic E-state index is 11.2. The minimum absolute atomic E-state index is 0.00632. The summed E-state index contributed by atoms with van der Waals surface area (Å²) in [7, 11) is 0. The van der Waals surface area contributed by atoms with Crippen LogP contribution in [0, 0.1) is 0 Å². The zero-order chi connectivity index (χ0) is 9.84. The van der Waals surface area contributed by atoms with Crippen molar-refractivity contribution in [3.05, 3.63) is 16.1 Å². The van der Waals surface area contributed by atoms with E-state index >= 15 is 0 Å². The van der Waals surface area contributed by atoms with Gasteiger partial charge in [0.15, 0.2) is 0 Å². The van der Waals surface area contributed by atoms with Crippen molar-refractivity contribution < 1.29 is 9.53 Å². The van der Waals surface area contributed by atoms with Crippen molar-refractivity contribution in [1.82, 2.24) is 4.98 Å². The lowest BCUT2D eigenvalue weighted by molar-refractivity contribution is 0.0532. The smallest absolute Gasteiger partial charge is 0.349 e. The van der Waals surface area contributed by atoms with E-state index in [1.165, 1.54) is 17.5 Å². The van der Waals surface area contributed by atoms with Crippen molar-refractivity contribution in [1.29, 1.82) is 0 Å². The Morgan fingerprint density at radius 2 is 2.46 bits per heavy atom. The molecule has 13 heavy (non-hydrogen) atoms. The van der Waals surface area contributed by atoms with Gasteiger partial charge in [-0.3, -0.25) is 0 Å². The Hall–Kier alpha value is 0.0600. The summed E-state index contributed by atoms with van der Waals surface area (Å²) in [6, 6.07) is 0. The van der Waals surface area contributed by atoms with Crippen molar-refractivity contribution in [2.24, 2.45) is 0 Å². The highest BCUT2D eigenvalue weighted by Crippen LogP contribution is 2.32. The largest absolute Gasteiger partial charge is 0.462 e. The number of rotatable bonds is 3. The summed E-state index contributed by atoms with van der Waals surface area (Å²) in [5.74, 6) is -0.313. The molecule has 0 aliphatic carbocycles.